The molecule has 1 heterocycles. The van der Waals surface area contributed by atoms with E-state index in [-0.39, 0.29) is 11.3 Å². The van der Waals surface area contributed by atoms with E-state index in [0.29, 0.717) is 11.0 Å². The number of rotatable bonds is 1. The van der Waals surface area contributed by atoms with Gasteiger partial charge in [0, 0.05) is 11.5 Å². The molecule has 4 nitrogen and oxygen atoms in total. The SMILES string of the molecule is O=C(O)c1coc2cc(O)ccc12. The van der Waals surface area contributed by atoms with Crippen LogP contribution in [-0.4, -0.2) is 16.2 Å². The third kappa shape index (κ3) is 1.12. The molecule has 0 radical (unpaired) electrons. The van der Waals surface area contributed by atoms with Crippen molar-refractivity contribution in [2.45, 2.75) is 0 Å². The first-order valence-electron chi connectivity index (χ1n) is 3.62. The van der Waals surface area contributed by atoms with E-state index in [1.54, 1.807) is 0 Å². The van der Waals surface area contributed by atoms with Crippen LogP contribution >= 0.6 is 0 Å². The van der Waals surface area contributed by atoms with Crippen LogP contribution in [0, 0.1) is 0 Å². The molecule has 2 aromatic rings. The van der Waals surface area contributed by atoms with Gasteiger partial charge in [0.15, 0.2) is 0 Å². The molecule has 0 aliphatic rings. The first kappa shape index (κ1) is 7.67. The Morgan fingerprint density at radius 1 is 1.38 bits per heavy atom. The average Bonchev–Trinajstić information content (AvgIpc) is 2.46. The Bertz CT molecular complexity index is 469. The molecule has 0 fully saturated rings. The lowest BCUT2D eigenvalue weighted by Gasteiger charge is -1.91. The van der Waals surface area contributed by atoms with Crippen LogP contribution in [0.1, 0.15) is 10.4 Å². The Hall–Kier alpha value is -1.97. The molecule has 13 heavy (non-hydrogen) atoms. The van der Waals surface area contributed by atoms with Crippen molar-refractivity contribution in [1.82, 2.24) is 0 Å². The van der Waals surface area contributed by atoms with Gasteiger partial charge in [-0.15, -0.1) is 0 Å². The van der Waals surface area contributed by atoms with Crippen LogP contribution in [0.5, 0.6) is 5.75 Å². The number of hydrogen-bond donors (Lipinski definition) is 2. The van der Waals surface area contributed by atoms with Gasteiger partial charge in [0.25, 0.3) is 0 Å². The number of fused-ring (bicyclic) bond motifs is 1. The molecular weight excluding hydrogens is 172 g/mol. The van der Waals surface area contributed by atoms with Gasteiger partial charge >= 0.3 is 5.97 Å². The van der Waals surface area contributed by atoms with Gasteiger partial charge in [-0.1, -0.05) is 0 Å². The van der Waals surface area contributed by atoms with Crippen LogP contribution in [0.4, 0.5) is 0 Å². The summed E-state index contributed by atoms with van der Waals surface area (Å²) in [5, 5.41) is 18.3. The summed E-state index contributed by atoms with van der Waals surface area (Å²) in [6, 6.07) is 4.31. The van der Waals surface area contributed by atoms with Crippen molar-refractivity contribution < 1.29 is 19.4 Å². The molecule has 1 aromatic carbocycles. The summed E-state index contributed by atoms with van der Waals surface area (Å²) in [4.78, 5) is 10.6. The average molecular weight is 178 g/mol. The smallest absolute Gasteiger partial charge is 0.339 e. The van der Waals surface area contributed by atoms with Crippen LogP contribution in [0.3, 0.4) is 0 Å². The number of phenolic OH excluding ortho intramolecular Hbond substituents is 1. The van der Waals surface area contributed by atoms with Gasteiger partial charge in [-0.3, -0.25) is 0 Å². The fourth-order valence-electron chi connectivity index (χ4n) is 1.18. The first-order chi connectivity index (χ1) is 6.18. The molecular formula is C9H6O4. The maximum atomic E-state index is 10.6. The molecule has 2 N–H and O–H groups in total. The van der Waals surface area contributed by atoms with Crippen LogP contribution in [0.25, 0.3) is 11.0 Å². The number of phenols is 1. The van der Waals surface area contributed by atoms with Gasteiger partial charge < -0.3 is 14.6 Å². The fraction of sp³-hybridized carbons (Fsp3) is 0. The number of carbonyl (C=O) groups is 1. The minimum atomic E-state index is -1.04. The number of carboxylic acids is 1. The zero-order valence-electron chi connectivity index (χ0n) is 6.52. The van der Waals surface area contributed by atoms with E-state index in [2.05, 4.69) is 0 Å². The van der Waals surface area contributed by atoms with Gasteiger partial charge in [-0.2, -0.15) is 0 Å². The Labute approximate surface area is 73.0 Å². The van der Waals surface area contributed by atoms with Crippen LogP contribution in [-0.2, 0) is 0 Å². The number of aromatic hydroxyl groups is 1. The summed E-state index contributed by atoms with van der Waals surface area (Å²) in [6.07, 6.45) is 1.16. The maximum Gasteiger partial charge on any atom is 0.339 e. The number of furan rings is 1. The second-order valence-corrected chi connectivity index (χ2v) is 2.63. The quantitative estimate of drug-likeness (QED) is 0.698. The summed E-state index contributed by atoms with van der Waals surface area (Å²) in [7, 11) is 0. The Balaban J connectivity index is 2.76. The molecule has 0 spiro atoms. The Morgan fingerprint density at radius 3 is 2.85 bits per heavy atom. The summed E-state index contributed by atoms with van der Waals surface area (Å²) >= 11 is 0. The highest BCUT2D eigenvalue weighted by atomic mass is 16.4. The highest BCUT2D eigenvalue weighted by Gasteiger charge is 2.11. The molecule has 66 valence electrons. The lowest BCUT2D eigenvalue weighted by molar-refractivity contribution is 0.0698. The standard InChI is InChI=1S/C9H6O4/c10-5-1-2-6-7(9(11)12)4-13-8(6)3-5/h1-4,10H,(H,11,12). The van der Waals surface area contributed by atoms with Crippen molar-refractivity contribution in [2.75, 3.05) is 0 Å². The second-order valence-electron chi connectivity index (χ2n) is 2.63. The predicted molar refractivity (Wildman–Crippen MR) is 44.8 cm³/mol. The zero-order chi connectivity index (χ0) is 9.42. The van der Waals surface area contributed by atoms with Crippen molar-refractivity contribution in [1.29, 1.82) is 0 Å². The molecule has 0 aliphatic carbocycles. The summed E-state index contributed by atoms with van der Waals surface area (Å²) < 4.78 is 4.95. The lowest BCUT2D eigenvalue weighted by atomic mass is 10.2. The molecule has 0 saturated carbocycles. The van der Waals surface area contributed by atoms with E-state index >= 15 is 0 Å². The molecule has 4 heteroatoms. The van der Waals surface area contributed by atoms with E-state index in [9.17, 15) is 4.79 Å². The van der Waals surface area contributed by atoms with Gasteiger partial charge in [0.05, 0.1) is 0 Å². The van der Waals surface area contributed by atoms with Gasteiger partial charge in [0.1, 0.15) is 23.2 Å². The Kier molecular flexibility index (Phi) is 1.48. The van der Waals surface area contributed by atoms with E-state index in [1.165, 1.54) is 18.2 Å². The lowest BCUT2D eigenvalue weighted by Crippen LogP contribution is -1.92. The molecule has 0 amide bonds. The molecule has 0 aliphatic heterocycles. The number of aromatic carboxylic acids is 1. The number of benzene rings is 1. The molecule has 0 saturated heterocycles. The van der Waals surface area contributed by atoms with E-state index in [1.807, 2.05) is 0 Å². The summed E-state index contributed by atoms with van der Waals surface area (Å²) in [5.41, 5.74) is 0.479. The molecule has 2 rings (SSSR count). The van der Waals surface area contributed by atoms with Crippen LogP contribution in [0.15, 0.2) is 28.9 Å². The van der Waals surface area contributed by atoms with Crippen molar-refractivity contribution in [3.63, 3.8) is 0 Å². The molecule has 0 bridgehead atoms. The molecule has 0 atom stereocenters. The van der Waals surface area contributed by atoms with E-state index < -0.39 is 5.97 Å². The monoisotopic (exact) mass is 178 g/mol. The van der Waals surface area contributed by atoms with Gasteiger partial charge in [0.2, 0.25) is 0 Å². The molecule has 0 unspecified atom stereocenters. The van der Waals surface area contributed by atoms with Crippen molar-refractivity contribution in [3.05, 3.63) is 30.0 Å². The zero-order valence-corrected chi connectivity index (χ0v) is 6.52. The third-order valence-electron chi connectivity index (χ3n) is 1.79. The number of carboxylic acid groups (broad SMARTS) is 1. The largest absolute Gasteiger partial charge is 0.508 e. The highest BCUT2D eigenvalue weighted by Crippen LogP contribution is 2.24. The van der Waals surface area contributed by atoms with Crippen molar-refractivity contribution in [2.24, 2.45) is 0 Å². The van der Waals surface area contributed by atoms with E-state index in [0.717, 1.165) is 6.26 Å². The first-order valence-corrected chi connectivity index (χ1v) is 3.62. The highest BCUT2D eigenvalue weighted by molar-refractivity contribution is 6.02. The minimum Gasteiger partial charge on any atom is -0.508 e. The maximum absolute atomic E-state index is 10.6. The number of hydrogen-bond acceptors (Lipinski definition) is 3. The third-order valence-corrected chi connectivity index (χ3v) is 1.79. The fourth-order valence-corrected chi connectivity index (χ4v) is 1.18. The molecule has 1 aromatic heterocycles. The normalized spacial score (nSPS) is 10.5. The minimum absolute atomic E-state index is 0.0544. The summed E-state index contributed by atoms with van der Waals surface area (Å²) in [5.74, 6) is -0.983. The van der Waals surface area contributed by atoms with E-state index in [4.69, 9.17) is 14.6 Å². The Morgan fingerprint density at radius 2 is 2.15 bits per heavy atom. The summed E-state index contributed by atoms with van der Waals surface area (Å²) in [6.45, 7) is 0. The van der Waals surface area contributed by atoms with Gasteiger partial charge in [-0.25, -0.2) is 4.79 Å². The van der Waals surface area contributed by atoms with Crippen molar-refractivity contribution >= 4 is 16.9 Å². The van der Waals surface area contributed by atoms with Crippen molar-refractivity contribution in [3.8, 4) is 5.75 Å². The predicted octanol–water partition coefficient (Wildman–Crippen LogP) is 1.84. The van der Waals surface area contributed by atoms with Crippen LogP contribution in [0.2, 0.25) is 0 Å². The van der Waals surface area contributed by atoms with Gasteiger partial charge in [-0.05, 0) is 12.1 Å². The topological polar surface area (TPSA) is 70.7 Å². The van der Waals surface area contributed by atoms with Crippen LogP contribution < -0.4 is 0 Å². The second kappa shape index (κ2) is 2.52.